The predicted molar refractivity (Wildman–Crippen MR) is 118 cm³/mol. The summed E-state index contributed by atoms with van der Waals surface area (Å²) in [5.41, 5.74) is 2.21. The van der Waals surface area contributed by atoms with Crippen molar-refractivity contribution in [2.24, 2.45) is 0 Å². The number of aryl methyl sites for hydroxylation is 1. The number of benzene rings is 1. The zero-order valence-electron chi connectivity index (χ0n) is 17.1. The lowest BCUT2D eigenvalue weighted by molar-refractivity contribution is -0.116. The molecular formula is C21H19N5O4S. The summed E-state index contributed by atoms with van der Waals surface area (Å²) < 4.78 is 16.6. The number of anilines is 1. The lowest BCUT2D eigenvalue weighted by atomic mass is 10.2. The normalized spacial score (nSPS) is 10.8. The maximum Gasteiger partial charge on any atom is 0.273 e. The molecule has 0 radical (unpaired) electrons. The number of ether oxygens (including phenoxy) is 2. The molecule has 0 unspecified atom stereocenters. The van der Waals surface area contributed by atoms with E-state index in [1.165, 1.54) is 18.8 Å². The Balaban J connectivity index is 1.62. The van der Waals surface area contributed by atoms with E-state index >= 15 is 0 Å². The van der Waals surface area contributed by atoms with E-state index in [0.717, 1.165) is 17.1 Å². The summed E-state index contributed by atoms with van der Waals surface area (Å²) in [6, 6.07) is 8.66. The summed E-state index contributed by atoms with van der Waals surface area (Å²) in [6.07, 6.45) is 3.32. The highest BCUT2D eigenvalue weighted by molar-refractivity contribution is 7.13. The molecule has 1 amide bonds. The first kappa shape index (κ1) is 20.5. The van der Waals surface area contributed by atoms with E-state index in [4.69, 9.17) is 9.47 Å². The highest BCUT2D eigenvalue weighted by Gasteiger charge is 2.18. The summed E-state index contributed by atoms with van der Waals surface area (Å²) in [6.45, 7) is 1.52. The zero-order valence-corrected chi connectivity index (χ0v) is 17.9. The minimum Gasteiger partial charge on any atom is -0.493 e. The smallest absolute Gasteiger partial charge is 0.273 e. The Morgan fingerprint density at radius 2 is 1.87 bits per heavy atom. The number of nitrogens with one attached hydrogen (secondary N) is 1. The molecule has 4 rings (SSSR count). The van der Waals surface area contributed by atoms with Crippen molar-refractivity contribution >= 4 is 33.3 Å². The van der Waals surface area contributed by atoms with Gasteiger partial charge in [-0.25, -0.2) is 4.98 Å². The molecule has 4 aromatic rings. The molecule has 0 bridgehead atoms. The lowest BCUT2D eigenvalue weighted by Gasteiger charge is -2.12. The standard InChI is InChI=1S/C21H19N5O4S/c1-12-23-19-18(13-6-8-22-9-7-13)25-31-20(19)21(28)26(12)11-17(27)24-14-4-5-15(29-2)16(10-14)30-3/h4-10H,11H2,1-3H3,(H,24,27). The second kappa shape index (κ2) is 8.52. The molecule has 9 nitrogen and oxygen atoms in total. The van der Waals surface area contributed by atoms with Crippen molar-refractivity contribution in [3.8, 4) is 22.8 Å². The third kappa shape index (κ3) is 3.97. The molecule has 0 aliphatic rings. The first-order valence-corrected chi connectivity index (χ1v) is 10.1. The van der Waals surface area contributed by atoms with Crippen molar-refractivity contribution in [3.63, 3.8) is 0 Å². The Labute approximate surface area is 181 Å². The summed E-state index contributed by atoms with van der Waals surface area (Å²) in [5, 5.41) is 2.77. The molecule has 0 spiro atoms. The van der Waals surface area contributed by atoms with Crippen LogP contribution in [-0.2, 0) is 11.3 Å². The molecule has 31 heavy (non-hydrogen) atoms. The average Bonchev–Trinajstić information content (AvgIpc) is 3.21. The zero-order chi connectivity index (χ0) is 22.0. The number of rotatable bonds is 6. The fourth-order valence-electron chi connectivity index (χ4n) is 3.16. The van der Waals surface area contributed by atoms with E-state index in [9.17, 15) is 9.59 Å². The van der Waals surface area contributed by atoms with Crippen LogP contribution in [0.15, 0.2) is 47.5 Å². The van der Waals surface area contributed by atoms with Gasteiger partial charge in [0.2, 0.25) is 5.91 Å². The number of amides is 1. The van der Waals surface area contributed by atoms with Crippen LogP contribution in [0.4, 0.5) is 5.69 Å². The number of hydrogen-bond donors (Lipinski definition) is 1. The molecule has 158 valence electrons. The third-order valence-electron chi connectivity index (χ3n) is 4.69. The quantitative estimate of drug-likeness (QED) is 0.494. The molecule has 0 fully saturated rings. The topological polar surface area (TPSA) is 108 Å². The minimum atomic E-state index is -0.363. The van der Waals surface area contributed by atoms with E-state index in [0.29, 0.717) is 38.9 Å². The Morgan fingerprint density at radius 1 is 1.13 bits per heavy atom. The van der Waals surface area contributed by atoms with Gasteiger partial charge in [0.1, 0.15) is 28.3 Å². The van der Waals surface area contributed by atoms with Gasteiger partial charge in [-0.1, -0.05) is 0 Å². The minimum absolute atomic E-state index is 0.176. The molecule has 3 aromatic heterocycles. The van der Waals surface area contributed by atoms with E-state index < -0.39 is 0 Å². The lowest BCUT2D eigenvalue weighted by Crippen LogP contribution is -2.29. The van der Waals surface area contributed by atoms with Crippen LogP contribution >= 0.6 is 11.5 Å². The Bertz CT molecular complexity index is 1320. The summed E-state index contributed by atoms with van der Waals surface area (Å²) in [4.78, 5) is 34.2. The highest BCUT2D eigenvalue weighted by atomic mass is 32.1. The van der Waals surface area contributed by atoms with Crippen molar-refractivity contribution in [2.75, 3.05) is 19.5 Å². The van der Waals surface area contributed by atoms with Gasteiger partial charge in [-0.3, -0.25) is 19.1 Å². The van der Waals surface area contributed by atoms with Gasteiger partial charge in [0.15, 0.2) is 11.5 Å². The number of pyridine rings is 1. The third-order valence-corrected chi connectivity index (χ3v) is 5.52. The molecular weight excluding hydrogens is 418 g/mol. The first-order valence-electron chi connectivity index (χ1n) is 9.31. The van der Waals surface area contributed by atoms with Crippen molar-refractivity contribution < 1.29 is 14.3 Å². The van der Waals surface area contributed by atoms with Crippen LogP contribution in [0.2, 0.25) is 0 Å². The summed E-state index contributed by atoms with van der Waals surface area (Å²) in [7, 11) is 3.05. The van der Waals surface area contributed by atoms with Gasteiger partial charge in [0, 0.05) is 29.7 Å². The van der Waals surface area contributed by atoms with Gasteiger partial charge >= 0.3 is 0 Å². The van der Waals surface area contributed by atoms with Crippen LogP contribution in [0.5, 0.6) is 11.5 Å². The van der Waals surface area contributed by atoms with Gasteiger partial charge in [0.25, 0.3) is 5.56 Å². The largest absolute Gasteiger partial charge is 0.493 e. The Morgan fingerprint density at radius 3 is 2.58 bits per heavy atom. The first-order chi connectivity index (χ1) is 15.0. The van der Waals surface area contributed by atoms with E-state index in [-0.39, 0.29) is 18.0 Å². The number of carbonyl (C=O) groups is 1. The maximum absolute atomic E-state index is 13.0. The van der Waals surface area contributed by atoms with Crippen molar-refractivity contribution in [2.45, 2.75) is 13.5 Å². The fraction of sp³-hybridized carbons (Fsp3) is 0.190. The molecule has 1 aromatic carbocycles. The highest BCUT2D eigenvalue weighted by Crippen LogP contribution is 2.30. The van der Waals surface area contributed by atoms with Crippen molar-refractivity contribution in [1.82, 2.24) is 18.9 Å². The number of aromatic nitrogens is 4. The van der Waals surface area contributed by atoms with E-state index in [1.807, 2.05) is 12.1 Å². The van der Waals surface area contributed by atoms with Gasteiger partial charge in [0.05, 0.1) is 14.2 Å². The summed E-state index contributed by atoms with van der Waals surface area (Å²) in [5.74, 6) is 1.11. The second-order valence-corrected chi connectivity index (χ2v) is 7.39. The Hall–Kier alpha value is -3.79. The molecule has 0 aliphatic carbocycles. The summed E-state index contributed by atoms with van der Waals surface area (Å²) >= 11 is 1.07. The van der Waals surface area contributed by atoms with Crippen LogP contribution in [0.1, 0.15) is 5.82 Å². The molecule has 1 N–H and O–H groups in total. The van der Waals surface area contributed by atoms with Crippen LogP contribution in [0.25, 0.3) is 21.5 Å². The number of methoxy groups -OCH3 is 2. The number of hydrogen-bond acceptors (Lipinski definition) is 8. The predicted octanol–water partition coefficient (Wildman–Crippen LogP) is 2.88. The molecule has 0 aliphatic heterocycles. The molecule has 0 saturated carbocycles. The Kier molecular flexibility index (Phi) is 5.63. The monoisotopic (exact) mass is 437 g/mol. The average molecular weight is 437 g/mol. The van der Waals surface area contributed by atoms with Crippen LogP contribution in [-0.4, -0.2) is 39.0 Å². The van der Waals surface area contributed by atoms with Crippen molar-refractivity contribution in [1.29, 1.82) is 0 Å². The molecule has 3 heterocycles. The van der Waals surface area contributed by atoms with Gasteiger partial charge < -0.3 is 14.8 Å². The fourth-order valence-corrected chi connectivity index (χ4v) is 3.96. The van der Waals surface area contributed by atoms with Gasteiger partial charge in [-0.05, 0) is 42.7 Å². The van der Waals surface area contributed by atoms with Crippen LogP contribution in [0, 0.1) is 6.92 Å². The second-order valence-electron chi connectivity index (χ2n) is 6.61. The molecule has 10 heteroatoms. The number of carbonyl (C=O) groups excluding carboxylic acids is 1. The van der Waals surface area contributed by atoms with Gasteiger partial charge in [-0.15, -0.1) is 0 Å². The van der Waals surface area contributed by atoms with E-state index in [1.54, 1.807) is 37.5 Å². The SMILES string of the molecule is COc1ccc(NC(=O)Cn2c(C)nc3c(-c4ccncc4)nsc3c2=O)cc1OC. The van der Waals surface area contributed by atoms with Crippen LogP contribution < -0.4 is 20.3 Å². The number of nitrogens with zero attached hydrogens (tertiary/aromatic N) is 4. The van der Waals surface area contributed by atoms with E-state index in [2.05, 4.69) is 19.7 Å². The van der Waals surface area contributed by atoms with Crippen molar-refractivity contribution in [3.05, 3.63) is 58.9 Å². The molecule has 0 atom stereocenters. The maximum atomic E-state index is 13.0. The van der Waals surface area contributed by atoms with Crippen LogP contribution in [0.3, 0.4) is 0 Å². The number of fused-ring (bicyclic) bond motifs is 1. The molecule has 0 saturated heterocycles. The van der Waals surface area contributed by atoms with Gasteiger partial charge in [-0.2, -0.15) is 4.37 Å².